The molecule has 0 aliphatic rings. The van der Waals surface area contributed by atoms with Crippen LogP contribution in [0.4, 0.5) is 9.59 Å². The highest BCUT2D eigenvalue weighted by atomic mass is 16.6. The zero-order valence-electron chi connectivity index (χ0n) is 21.9. The Bertz CT molecular complexity index is 437. The minimum Gasteiger partial charge on any atom is -0.444 e. The number of carbonyl (C=O) groups excluding carboxylic acids is 2. The highest BCUT2D eigenvalue weighted by Gasteiger charge is 2.16. The topological polar surface area (TPSA) is 76.7 Å². The summed E-state index contributed by atoms with van der Waals surface area (Å²) in [5.41, 5.74) is -0.849. The van der Waals surface area contributed by atoms with Crippen LogP contribution < -0.4 is 10.6 Å². The Balaban J connectivity index is 3.23. The van der Waals surface area contributed by atoms with Crippen molar-refractivity contribution in [3.8, 4) is 0 Å². The number of rotatable bonds is 17. The van der Waals surface area contributed by atoms with Crippen LogP contribution in [0.15, 0.2) is 0 Å². The van der Waals surface area contributed by atoms with Gasteiger partial charge in [-0.05, 0) is 54.4 Å². The summed E-state index contributed by atoms with van der Waals surface area (Å²) in [7, 11) is 0. The number of hydrogen-bond donors (Lipinski definition) is 2. The van der Waals surface area contributed by atoms with E-state index >= 15 is 0 Å². The summed E-state index contributed by atoms with van der Waals surface area (Å²) in [4.78, 5) is 23.1. The fraction of sp³-hybridized carbons (Fsp3) is 0.923. The normalized spacial score (nSPS) is 11.8. The average Bonchev–Trinajstić information content (AvgIpc) is 2.64. The smallest absolute Gasteiger partial charge is 0.407 e. The molecule has 0 rings (SSSR count). The van der Waals surface area contributed by atoms with Crippen LogP contribution in [0.25, 0.3) is 0 Å². The van der Waals surface area contributed by atoms with Crippen molar-refractivity contribution in [1.29, 1.82) is 0 Å². The van der Waals surface area contributed by atoms with Gasteiger partial charge in [0.1, 0.15) is 11.2 Å². The molecule has 0 aromatic carbocycles. The lowest BCUT2D eigenvalue weighted by Gasteiger charge is -2.19. The Kier molecular flexibility index (Phi) is 17.2. The molecule has 6 nitrogen and oxygen atoms in total. The molecule has 0 atom stereocenters. The van der Waals surface area contributed by atoms with Crippen molar-refractivity contribution in [3.05, 3.63) is 0 Å². The number of carbonyl (C=O) groups is 2. The van der Waals surface area contributed by atoms with E-state index in [2.05, 4.69) is 10.6 Å². The maximum absolute atomic E-state index is 11.5. The average molecular weight is 457 g/mol. The summed E-state index contributed by atoms with van der Waals surface area (Å²) in [5.74, 6) is 0. The van der Waals surface area contributed by atoms with Gasteiger partial charge < -0.3 is 20.1 Å². The van der Waals surface area contributed by atoms with Crippen molar-refractivity contribution in [1.82, 2.24) is 10.6 Å². The Morgan fingerprint density at radius 2 is 0.688 bits per heavy atom. The van der Waals surface area contributed by atoms with Crippen molar-refractivity contribution >= 4 is 12.2 Å². The van der Waals surface area contributed by atoms with E-state index in [9.17, 15) is 9.59 Å². The minimum absolute atomic E-state index is 0.312. The van der Waals surface area contributed by atoms with Crippen LogP contribution in [-0.4, -0.2) is 36.5 Å². The monoisotopic (exact) mass is 456 g/mol. The van der Waals surface area contributed by atoms with Gasteiger partial charge in [0.05, 0.1) is 0 Å². The Hall–Kier alpha value is -1.46. The molecule has 0 aromatic rings. The summed E-state index contributed by atoms with van der Waals surface area (Å²) in [5, 5.41) is 5.64. The molecule has 0 spiro atoms. The number of nitrogens with one attached hydrogen (secondary N) is 2. The van der Waals surface area contributed by atoms with E-state index < -0.39 is 11.2 Å². The SMILES string of the molecule is CC(C)(C)OC(=O)NCCCCCCCCCCCCCCCCNC(=O)OC(C)(C)C. The molecule has 0 fully saturated rings. The maximum Gasteiger partial charge on any atom is 0.407 e. The molecule has 0 heterocycles. The van der Waals surface area contributed by atoms with Gasteiger partial charge in [0.15, 0.2) is 0 Å². The highest BCUT2D eigenvalue weighted by Crippen LogP contribution is 2.13. The van der Waals surface area contributed by atoms with Gasteiger partial charge in [-0.25, -0.2) is 9.59 Å². The van der Waals surface area contributed by atoms with Gasteiger partial charge in [-0.2, -0.15) is 0 Å². The van der Waals surface area contributed by atoms with Gasteiger partial charge in [-0.3, -0.25) is 0 Å². The van der Waals surface area contributed by atoms with E-state index in [0.717, 1.165) is 12.8 Å². The van der Waals surface area contributed by atoms with Gasteiger partial charge in [0.2, 0.25) is 0 Å². The van der Waals surface area contributed by atoms with E-state index in [4.69, 9.17) is 9.47 Å². The van der Waals surface area contributed by atoms with E-state index in [1.165, 1.54) is 77.0 Å². The lowest BCUT2D eigenvalue weighted by molar-refractivity contribution is 0.0515. The van der Waals surface area contributed by atoms with Crippen LogP contribution in [0, 0.1) is 0 Å². The van der Waals surface area contributed by atoms with E-state index in [0.29, 0.717) is 13.1 Å². The minimum atomic E-state index is -0.424. The molecule has 6 heteroatoms. The Labute approximate surface area is 198 Å². The first-order chi connectivity index (χ1) is 15.0. The lowest BCUT2D eigenvalue weighted by Crippen LogP contribution is -2.33. The first kappa shape index (κ1) is 30.5. The van der Waals surface area contributed by atoms with Crippen molar-refractivity contribution in [2.75, 3.05) is 13.1 Å². The third kappa shape index (κ3) is 24.8. The van der Waals surface area contributed by atoms with Crippen LogP contribution in [0.3, 0.4) is 0 Å². The molecular weight excluding hydrogens is 404 g/mol. The number of ether oxygens (including phenoxy) is 2. The van der Waals surface area contributed by atoms with Crippen LogP contribution in [0.1, 0.15) is 131 Å². The second-order valence-corrected chi connectivity index (χ2v) is 10.8. The van der Waals surface area contributed by atoms with Crippen LogP contribution in [-0.2, 0) is 9.47 Å². The molecule has 190 valence electrons. The maximum atomic E-state index is 11.5. The third-order valence-corrected chi connectivity index (χ3v) is 4.94. The summed E-state index contributed by atoms with van der Waals surface area (Å²) < 4.78 is 10.4. The molecular formula is C26H52N2O4. The predicted octanol–water partition coefficient (Wildman–Crippen LogP) is 7.50. The Morgan fingerprint density at radius 3 is 0.906 bits per heavy atom. The molecule has 0 saturated carbocycles. The van der Waals surface area contributed by atoms with Crippen LogP contribution in [0.2, 0.25) is 0 Å². The summed E-state index contributed by atoms with van der Waals surface area (Å²) >= 11 is 0. The predicted molar refractivity (Wildman–Crippen MR) is 133 cm³/mol. The molecule has 0 radical (unpaired) electrons. The third-order valence-electron chi connectivity index (χ3n) is 4.94. The molecule has 0 aliphatic heterocycles. The number of alkyl carbamates (subject to hydrolysis) is 2. The van der Waals surface area contributed by atoms with Crippen LogP contribution in [0.5, 0.6) is 0 Å². The summed E-state index contributed by atoms with van der Waals surface area (Å²) in [6.07, 6.45) is 16.9. The lowest BCUT2D eigenvalue weighted by atomic mass is 10.0. The zero-order chi connectivity index (χ0) is 24.3. The van der Waals surface area contributed by atoms with E-state index in [1.807, 2.05) is 41.5 Å². The van der Waals surface area contributed by atoms with E-state index in [1.54, 1.807) is 0 Å². The molecule has 0 aromatic heterocycles. The van der Waals surface area contributed by atoms with Crippen molar-refractivity contribution in [3.63, 3.8) is 0 Å². The summed E-state index contributed by atoms with van der Waals surface area (Å²) in [6.45, 7) is 12.7. The first-order valence-electron chi connectivity index (χ1n) is 12.9. The molecule has 0 unspecified atom stereocenters. The second-order valence-electron chi connectivity index (χ2n) is 10.8. The van der Waals surface area contributed by atoms with Crippen molar-refractivity contribution in [2.45, 2.75) is 143 Å². The fourth-order valence-corrected chi connectivity index (χ4v) is 3.38. The van der Waals surface area contributed by atoms with Gasteiger partial charge in [-0.15, -0.1) is 0 Å². The highest BCUT2D eigenvalue weighted by molar-refractivity contribution is 5.67. The largest absolute Gasteiger partial charge is 0.444 e. The Morgan fingerprint density at radius 1 is 0.469 bits per heavy atom. The zero-order valence-corrected chi connectivity index (χ0v) is 21.9. The van der Waals surface area contributed by atoms with Crippen molar-refractivity contribution < 1.29 is 19.1 Å². The van der Waals surface area contributed by atoms with Crippen LogP contribution >= 0.6 is 0 Å². The number of unbranched alkanes of at least 4 members (excludes halogenated alkanes) is 13. The standard InChI is InChI=1S/C26H52N2O4/c1-25(2,3)31-23(29)27-21-19-17-15-13-11-9-7-8-10-12-14-16-18-20-22-28-24(30)32-26(4,5)6/h7-22H2,1-6H3,(H,27,29)(H,28,30). The molecule has 32 heavy (non-hydrogen) atoms. The van der Waals surface area contributed by atoms with E-state index in [-0.39, 0.29) is 12.2 Å². The van der Waals surface area contributed by atoms with Gasteiger partial charge >= 0.3 is 12.2 Å². The van der Waals surface area contributed by atoms with Crippen molar-refractivity contribution in [2.24, 2.45) is 0 Å². The van der Waals surface area contributed by atoms with Gasteiger partial charge in [0.25, 0.3) is 0 Å². The molecule has 0 saturated heterocycles. The molecule has 0 aliphatic carbocycles. The number of amides is 2. The quantitative estimate of drug-likeness (QED) is 0.222. The molecule has 2 N–H and O–H groups in total. The first-order valence-corrected chi connectivity index (χ1v) is 12.9. The number of hydrogen-bond acceptors (Lipinski definition) is 4. The van der Waals surface area contributed by atoms with Gasteiger partial charge in [0, 0.05) is 13.1 Å². The molecule has 2 amide bonds. The van der Waals surface area contributed by atoms with Gasteiger partial charge in [-0.1, -0.05) is 77.0 Å². The molecule has 0 bridgehead atoms. The summed E-state index contributed by atoms with van der Waals surface area (Å²) in [6, 6.07) is 0. The fourth-order valence-electron chi connectivity index (χ4n) is 3.38. The second kappa shape index (κ2) is 18.0.